The standard InChI is InChI=1S/C9H10N4O/c14-2-5-1-6(5)7-8-9(12-3-10-7)13-4-11-8/h3-6,14H,1-2H2,(H,10,11,12,13)/t5-,6+/m1/s1. The fourth-order valence-corrected chi connectivity index (χ4v) is 1.85. The normalized spacial score (nSPS) is 25.5. The van der Waals surface area contributed by atoms with E-state index in [1.165, 1.54) is 6.33 Å². The molecule has 2 N–H and O–H groups in total. The molecule has 72 valence electrons. The number of aliphatic hydroxyl groups is 1. The number of aliphatic hydroxyl groups excluding tert-OH is 1. The summed E-state index contributed by atoms with van der Waals surface area (Å²) in [5, 5.41) is 8.99. The first-order chi connectivity index (χ1) is 6.90. The van der Waals surface area contributed by atoms with Gasteiger partial charge in [0.25, 0.3) is 0 Å². The molecule has 3 rings (SSSR count). The van der Waals surface area contributed by atoms with Crippen LogP contribution in [0, 0.1) is 5.92 Å². The molecule has 1 aliphatic carbocycles. The summed E-state index contributed by atoms with van der Waals surface area (Å²) in [7, 11) is 0. The summed E-state index contributed by atoms with van der Waals surface area (Å²) in [4.78, 5) is 15.4. The maximum atomic E-state index is 8.99. The maximum absolute atomic E-state index is 8.99. The van der Waals surface area contributed by atoms with Gasteiger partial charge in [-0.15, -0.1) is 0 Å². The highest BCUT2D eigenvalue weighted by atomic mass is 16.3. The molecule has 0 aliphatic heterocycles. The van der Waals surface area contributed by atoms with Crippen LogP contribution >= 0.6 is 0 Å². The number of fused-ring (bicyclic) bond motifs is 1. The molecule has 0 saturated heterocycles. The van der Waals surface area contributed by atoms with Crippen LogP contribution in [0.15, 0.2) is 12.7 Å². The van der Waals surface area contributed by atoms with Gasteiger partial charge in [0.2, 0.25) is 0 Å². The van der Waals surface area contributed by atoms with Crippen molar-refractivity contribution in [1.82, 2.24) is 19.9 Å². The summed E-state index contributed by atoms with van der Waals surface area (Å²) < 4.78 is 0. The molecule has 1 saturated carbocycles. The van der Waals surface area contributed by atoms with E-state index < -0.39 is 0 Å². The molecule has 14 heavy (non-hydrogen) atoms. The molecular weight excluding hydrogens is 180 g/mol. The lowest BCUT2D eigenvalue weighted by Crippen LogP contribution is -1.94. The average molecular weight is 190 g/mol. The highest BCUT2D eigenvalue weighted by Gasteiger charge is 2.40. The summed E-state index contributed by atoms with van der Waals surface area (Å²) in [6.45, 7) is 0.240. The smallest absolute Gasteiger partial charge is 0.180 e. The largest absolute Gasteiger partial charge is 0.396 e. The Kier molecular flexibility index (Phi) is 1.55. The predicted octanol–water partition coefficient (Wildman–Crippen LogP) is 0.449. The molecule has 0 spiro atoms. The summed E-state index contributed by atoms with van der Waals surface area (Å²) in [6.07, 6.45) is 4.17. The van der Waals surface area contributed by atoms with Gasteiger partial charge in [0.15, 0.2) is 5.65 Å². The first-order valence-electron chi connectivity index (χ1n) is 4.65. The molecule has 2 atom stereocenters. The van der Waals surface area contributed by atoms with E-state index in [9.17, 15) is 0 Å². The van der Waals surface area contributed by atoms with E-state index in [-0.39, 0.29) is 6.61 Å². The van der Waals surface area contributed by atoms with E-state index >= 15 is 0 Å². The fourth-order valence-electron chi connectivity index (χ4n) is 1.85. The minimum atomic E-state index is 0.240. The second-order valence-corrected chi connectivity index (χ2v) is 3.64. The Morgan fingerprint density at radius 3 is 3.14 bits per heavy atom. The third-order valence-corrected chi connectivity index (χ3v) is 2.76. The molecular formula is C9H10N4O. The van der Waals surface area contributed by atoms with E-state index in [0.717, 1.165) is 17.6 Å². The fraction of sp³-hybridized carbons (Fsp3) is 0.444. The molecule has 1 fully saturated rings. The van der Waals surface area contributed by atoms with Gasteiger partial charge in [-0.1, -0.05) is 0 Å². The van der Waals surface area contributed by atoms with E-state index in [0.29, 0.717) is 17.5 Å². The molecule has 5 nitrogen and oxygen atoms in total. The number of hydrogen-bond acceptors (Lipinski definition) is 4. The minimum absolute atomic E-state index is 0.240. The molecule has 0 radical (unpaired) electrons. The number of nitrogens with one attached hydrogen (secondary N) is 1. The summed E-state index contributed by atoms with van der Waals surface area (Å²) >= 11 is 0. The average Bonchev–Trinajstić information content (AvgIpc) is 2.85. The van der Waals surface area contributed by atoms with Crippen molar-refractivity contribution < 1.29 is 5.11 Å². The van der Waals surface area contributed by atoms with Crippen LogP contribution in [0.1, 0.15) is 18.0 Å². The maximum Gasteiger partial charge on any atom is 0.180 e. The lowest BCUT2D eigenvalue weighted by molar-refractivity contribution is 0.274. The van der Waals surface area contributed by atoms with Crippen LogP contribution in [-0.4, -0.2) is 31.6 Å². The molecule has 2 heterocycles. The summed E-state index contributed by atoms with van der Waals surface area (Å²) in [6, 6.07) is 0. The Bertz CT molecular complexity index is 467. The number of hydrogen-bond donors (Lipinski definition) is 2. The zero-order valence-corrected chi connectivity index (χ0v) is 7.51. The van der Waals surface area contributed by atoms with Crippen LogP contribution in [0.4, 0.5) is 0 Å². The number of H-pyrrole nitrogens is 1. The number of aromatic nitrogens is 4. The Morgan fingerprint density at radius 1 is 1.43 bits per heavy atom. The van der Waals surface area contributed by atoms with Crippen molar-refractivity contribution in [3.8, 4) is 0 Å². The second-order valence-electron chi connectivity index (χ2n) is 3.64. The SMILES string of the molecule is OC[C@H]1C[C@@H]1c1ncnc2nc[nH]c12. The first kappa shape index (κ1) is 7.87. The highest BCUT2D eigenvalue weighted by molar-refractivity contribution is 5.73. The van der Waals surface area contributed by atoms with Gasteiger partial charge in [0.1, 0.15) is 11.8 Å². The van der Waals surface area contributed by atoms with Crippen LogP contribution in [-0.2, 0) is 0 Å². The topological polar surface area (TPSA) is 74.7 Å². The van der Waals surface area contributed by atoms with Crippen LogP contribution in [0.2, 0.25) is 0 Å². The van der Waals surface area contributed by atoms with Gasteiger partial charge >= 0.3 is 0 Å². The molecule has 2 aromatic heterocycles. The van der Waals surface area contributed by atoms with Crippen molar-refractivity contribution in [2.75, 3.05) is 6.61 Å². The quantitative estimate of drug-likeness (QED) is 0.721. The zero-order chi connectivity index (χ0) is 9.54. The van der Waals surface area contributed by atoms with Crippen molar-refractivity contribution in [3.05, 3.63) is 18.3 Å². The predicted molar refractivity (Wildman–Crippen MR) is 49.6 cm³/mol. The first-order valence-corrected chi connectivity index (χ1v) is 4.65. The van der Waals surface area contributed by atoms with Crippen molar-refractivity contribution in [2.45, 2.75) is 12.3 Å². The Labute approximate surface area is 80.2 Å². The monoisotopic (exact) mass is 190 g/mol. The highest BCUT2D eigenvalue weighted by Crippen LogP contribution is 2.47. The molecule has 0 aromatic carbocycles. The van der Waals surface area contributed by atoms with Gasteiger partial charge < -0.3 is 10.1 Å². The molecule has 0 unspecified atom stereocenters. The van der Waals surface area contributed by atoms with E-state index in [1.54, 1.807) is 6.33 Å². The van der Waals surface area contributed by atoms with Crippen LogP contribution in [0.3, 0.4) is 0 Å². The second kappa shape index (κ2) is 2.75. The van der Waals surface area contributed by atoms with Crippen molar-refractivity contribution in [2.24, 2.45) is 5.92 Å². The van der Waals surface area contributed by atoms with Gasteiger partial charge in [-0.05, 0) is 12.3 Å². The minimum Gasteiger partial charge on any atom is -0.396 e. The summed E-state index contributed by atoms with van der Waals surface area (Å²) in [5.41, 5.74) is 2.61. The molecule has 0 bridgehead atoms. The number of rotatable bonds is 2. The van der Waals surface area contributed by atoms with E-state index in [1.807, 2.05) is 0 Å². The molecule has 2 aromatic rings. The van der Waals surface area contributed by atoms with Gasteiger partial charge in [0, 0.05) is 12.5 Å². The lowest BCUT2D eigenvalue weighted by atomic mass is 10.2. The van der Waals surface area contributed by atoms with Crippen LogP contribution in [0.25, 0.3) is 11.2 Å². The number of aromatic amines is 1. The third-order valence-electron chi connectivity index (χ3n) is 2.76. The van der Waals surface area contributed by atoms with E-state index in [2.05, 4.69) is 19.9 Å². The Morgan fingerprint density at radius 2 is 2.36 bits per heavy atom. The number of nitrogens with zero attached hydrogens (tertiary/aromatic N) is 3. The van der Waals surface area contributed by atoms with Crippen molar-refractivity contribution >= 4 is 11.2 Å². The number of imidazole rings is 1. The van der Waals surface area contributed by atoms with E-state index in [4.69, 9.17) is 5.11 Å². The van der Waals surface area contributed by atoms with Crippen LogP contribution < -0.4 is 0 Å². The molecule has 0 amide bonds. The van der Waals surface area contributed by atoms with Gasteiger partial charge in [-0.3, -0.25) is 0 Å². The van der Waals surface area contributed by atoms with Crippen molar-refractivity contribution in [3.63, 3.8) is 0 Å². The molecule has 5 heteroatoms. The van der Waals surface area contributed by atoms with Gasteiger partial charge in [-0.2, -0.15) is 0 Å². The lowest BCUT2D eigenvalue weighted by Gasteiger charge is -1.98. The summed E-state index contributed by atoms with van der Waals surface area (Å²) in [5.74, 6) is 0.752. The Balaban J connectivity index is 2.08. The van der Waals surface area contributed by atoms with Crippen LogP contribution in [0.5, 0.6) is 0 Å². The van der Waals surface area contributed by atoms with Gasteiger partial charge in [-0.25, -0.2) is 15.0 Å². The zero-order valence-electron chi connectivity index (χ0n) is 7.51. The molecule has 1 aliphatic rings. The van der Waals surface area contributed by atoms with Crippen molar-refractivity contribution in [1.29, 1.82) is 0 Å². The van der Waals surface area contributed by atoms with Gasteiger partial charge in [0.05, 0.1) is 12.0 Å². The third kappa shape index (κ3) is 1.02. The Hall–Kier alpha value is -1.49.